The number of aromatic nitrogens is 1. The molecule has 3 N–H and O–H groups in total. The van der Waals surface area contributed by atoms with Crippen LogP contribution in [0, 0.1) is 11.6 Å². The van der Waals surface area contributed by atoms with Crippen LogP contribution in [-0.2, 0) is 0 Å². The summed E-state index contributed by atoms with van der Waals surface area (Å²) in [5.41, 5.74) is 5.57. The largest absolute Gasteiger partial charge is 0.348 e. The minimum atomic E-state index is -1.14. The van der Waals surface area contributed by atoms with Crippen molar-refractivity contribution in [3.63, 3.8) is 0 Å². The molecule has 0 spiro atoms. The highest BCUT2D eigenvalue weighted by molar-refractivity contribution is 6.31. The van der Waals surface area contributed by atoms with Crippen LogP contribution in [-0.4, -0.2) is 35.4 Å². The predicted octanol–water partition coefficient (Wildman–Crippen LogP) is 2.52. The summed E-state index contributed by atoms with van der Waals surface area (Å²) in [7, 11) is 1.59. The fourth-order valence-electron chi connectivity index (χ4n) is 1.84. The van der Waals surface area contributed by atoms with Gasteiger partial charge in [0.25, 0.3) is 5.91 Å². The number of halogens is 3. The molecule has 2 rings (SSSR count). The Morgan fingerprint density at radius 1 is 1.45 bits per heavy atom. The topological polar surface area (TPSA) is 62.1 Å². The summed E-state index contributed by atoms with van der Waals surface area (Å²) in [5, 5.41) is 0.0164. The van der Waals surface area contributed by atoms with Gasteiger partial charge in [-0.05, 0) is 19.1 Å². The van der Waals surface area contributed by atoms with Crippen molar-refractivity contribution in [1.82, 2.24) is 9.88 Å². The van der Waals surface area contributed by atoms with Crippen molar-refractivity contribution in [2.75, 3.05) is 13.6 Å². The second kappa shape index (κ2) is 5.38. The molecular formula is C13H14ClF2N3O. The number of nitrogens with zero attached hydrogens (tertiary/aromatic N) is 1. The van der Waals surface area contributed by atoms with Gasteiger partial charge in [0.05, 0.1) is 10.5 Å². The van der Waals surface area contributed by atoms with E-state index < -0.39 is 11.6 Å². The maximum Gasteiger partial charge on any atom is 0.270 e. The van der Waals surface area contributed by atoms with E-state index >= 15 is 0 Å². The van der Waals surface area contributed by atoms with Gasteiger partial charge in [-0.15, -0.1) is 0 Å². The first-order chi connectivity index (χ1) is 9.36. The van der Waals surface area contributed by atoms with Crippen molar-refractivity contribution in [1.29, 1.82) is 0 Å². The van der Waals surface area contributed by atoms with E-state index in [-0.39, 0.29) is 28.2 Å². The number of carbonyl (C=O) groups excluding carboxylic acids is 1. The number of carbonyl (C=O) groups is 1. The number of H-pyrrole nitrogens is 1. The van der Waals surface area contributed by atoms with E-state index in [0.717, 1.165) is 0 Å². The summed E-state index contributed by atoms with van der Waals surface area (Å²) in [5.74, 6) is -2.58. The fraction of sp³-hybridized carbons (Fsp3) is 0.308. The predicted molar refractivity (Wildman–Crippen MR) is 73.8 cm³/mol. The first-order valence-electron chi connectivity index (χ1n) is 6.00. The highest BCUT2D eigenvalue weighted by Gasteiger charge is 2.21. The van der Waals surface area contributed by atoms with E-state index in [1.165, 1.54) is 17.0 Å². The van der Waals surface area contributed by atoms with Crippen LogP contribution in [0.25, 0.3) is 10.9 Å². The van der Waals surface area contributed by atoms with Gasteiger partial charge in [0.1, 0.15) is 5.69 Å². The smallest absolute Gasteiger partial charge is 0.270 e. The van der Waals surface area contributed by atoms with E-state index in [9.17, 15) is 13.6 Å². The average molecular weight is 302 g/mol. The number of rotatable bonds is 3. The highest BCUT2D eigenvalue weighted by Crippen LogP contribution is 2.27. The second-order valence-corrected chi connectivity index (χ2v) is 5.04. The van der Waals surface area contributed by atoms with Gasteiger partial charge < -0.3 is 15.6 Å². The molecule has 0 aliphatic heterocycles. The Morgan fingerprint density at radius 3 is 2.70 bits per heavy atom. The molecule has 1 heterocycles. The van der Waals surface area contributed by atoms with E-state index in [2.05, 4.69) is 4.98 Å². The van der Waals surface area contributed by atoms with E-state index in [0.29, 0.717) is 11.9 Å². The molecule has 0 saturated carbocycles. The number of nitrogens with one attached hydrogen (secondary N) is 1. The average Bonchev–Trinajstić information content (AvgIpc) is 2.86. The Bertz CT molecular complexity index is 671. The molecule has 0 aliphatic rings. The molecule has 0 aliphatic carbocycles. The van der Waals surface area contributed by atoms with E-state index in [4.69, 9.17) is 17.3 Å². The minimum absolute atomic E-state index is 0.0796. The summed E-state index contributed by atoms with van der Waals surface area (Å²) in [4.78, 5) is 16.2. The van der Waals surface area contributed by atoms with Crippen LogP contribution in [0.4, 0.5) is 8.78 Å². The number of nitrogens with two attached hydrogens (primary N) is 1. The van der Waals surface area contributed by atoms with Gasteiger partial charge in [0.2, 0.25) is 0 Å². The van der Waals surface area contributed by atoms with Crippen molar-refractivity contribution >= 4 is 28.4 Å². The Kier molecular flexibility index (Phi) is 3.96. The molecule has 108 valence electrons. The zero-order chi connectivity index (χ0) is 15.0. The molecule has 0 fully saturated rings. The van der Waals surface area contributed by atoms with Gasteiger partial charge in [-0.3, -0.25) is 4.79 Å². The molecule has 1 aromatic heterocycles. The van der Waals surface area contributed by atoms with Crippen LogP contribution in [0.2, 0.25) is 5.02 Å². The van der Waals surface area contributed by atoms with Gasteiger partial charge >= 0.3 is 0 Å². The number of fused-ring (bicyclic) bond motifs is 1. The van der Waals surface area contributed by atoms with Crippen LogP contribution in [0.15, 0.2) is 12.1 Å². The van der Waals surface area contributed by atoms with E-state index in [1.807, 2.05) is 0 Å². The third-order valence-corrected chi connectivity index (χ3v) is 3.58. The lowest BCUT2D eigenvalue weighted by Crippen LogP contribution is -2.39. The Balaban J connectivity index is 2.47. The van der Waals surface area contributed by atoms with Crippen LogP contribution >= 0.6 is 11.6 Å². The third-order valence-electron chi connectivity index (χ3n) is 3.31. The number of amides is 1. The molecule has 1 aromatic carbocycles. The quantitative estimate of drug-likeness (QED) is 0.856. The molecule has 20 heavy (non-hydrogen) atoms. The molecule has 0 bridgehead atoms. The number of aromatic amines is 1. The molecule has 2 aromatic rings. The van der Waals surface area contributed by atoms with Crippen molar-refractivity contribution in [3.05, 3.63) is 34.5 Å². The minimum Gasteiger partial charge on any atom is -0.348 e. The Labute approximate surface area is 119 Å². The van der Waals surface area contributed by atoms with Crippen molar-refractivity contribution in [2.45, 2.75) is 13.0 Å². The molecule has 1 atom stereocenters. The number of hydrogen-bond donors (Lipinski definition) is 2. The Morgan fingerprint density at radius 2 is 2.10 bits per heavy atom. The lowest BCUT2D eigenvalue weighted by molar-refractivity contribution is 0.0743. The maximum absolute atomic E-state index is 13.7. The van der Waals surface area contributed by atoms with E-state index in [1.54, 1.807) is 14.0 Å². The number of benzene rings is 1. The molecule has 0 radical (unpaired) electrons. The summed E-state index contributed by atoms with van der Waals surface area (Å²) < 4.78 is 27.1. The lowest BCUT2D eigenvalue weighted by atomic mass is 10.2. The number of hydrogen-bond acceptors (Lipinski definition) is 2. The molecule has 0 unspecified atom stereocenters. The lowest BCUT2D eigenvalue weighted by Gasteiger charge is -2.22. The highest BCUT2D eigenvalue weighted by atomic mass is 35.5. The summed E-state index contributed by atoms with van der Waals surface area (Å²) in [6.45, 7) is 2.09. The first-order valence-corrected chi connectivity index (χ1v) is 6.38. The zero-order valence-corrected chi connectivity index (χ0v) is 11.8. The van der Waals surface area contributed by atoms with Gasteiger partial charge in [0, 0.05) is 25.0 Å². The molecule has 4 nitrogen and oxygen atoms in total. The van der Waals surface area contributed by atoms with Gasteiger partial charge in [-0.25, -0.2) is 8.78 Å². The maximum atomic E-state index is 13.7. The van der Waals surface area contributed by atoms with Crippen molar-refractivity contribution in [2.24, 2.45) is 5.73 Å². The zero-order valence-electron chi connectivity index (χ0n) is 11.0. The van der Waals surface area contributed by atoms with Gasteiger partial charge in [-0.1, -0.05) is 11.6 Å². The van der Waals surface area contributed by atoms with Crippen molar-refractivity contribution in [3.8, 4) is 0 Å². The first kappa shape index (κ1) is 14.7. The number of likely N-dealkylation sites (N-methyl/N-ethyl adjacent to an activating group) is 1. The van der Waals surface area contributed by atoms with Crippen LogP contribution in [0.5, 0.6) is 0 Å². The SMILES string of the molecule is C[C@@H](CN)N(C)C(=O)c1cc2cc(Cl)c(F)c(F)c2[nH]1. The van der Waals surface area contributed by atoms with Crippen LogP contribution in [0.3, 0.4) is 0 Å². The molecular weight excluding hydrogens is 288 g/mol. The second-order valence-electron chi connectivity index (χ2n) is 4.63. The molecule has 1 amide bonds. The van der Waals surface area contributed by atoms with Gasteiger partial charge in [-0.2, -0.15) is 0 Å². The Hall–Kier alpha value is -1.66. The summed E-state index contributed by atoms with van der Waals surface area (Å²) in [6, 6.07) is 2.54. The third kappa shape index (κ3) is 2.36. The van der Waals surface area contributed by atoms with Crippen LogP contribution < -0.4 is 5.73 Å². The fourth-order valence-corrected chi connectivity index (χ4v) is 2.04. The summed E-state index contributed by atoms with van der Waals surface area (Å²) >= 11 is 5.58. The monoisotopic (exact) mass is 301 g/mol. The standard InChI is InChI=1S/C13H14ClF2N3O/c1-6(5-17)19(2)13(20)9-4-7-3-8(14)10(15)11(16)12(7)18-9/h3-4,6,18H,5,17H2,1-2H3/t6-/m0/s1. The van der Waals surface area contributed by atoms with Gasteiger partial charge in [0.15, 0.2) is 11.6 Å². The molecule has 0 saturated heterocycles. The van der Waals surface area contributed by atoms with Crippen molar-refractivity contribution < 1.29 is 13.6 Å². The summed E-state index contributed by atoms with van der Waals surface area (Å²) in [6.07, 6.45) is 0. The van der Waals surface area contributed by atoms with Crippen LogP contribution in [0.1, 0.15) is 17.4 Å². The molecule has 7 heteroatoms. The normalized spacial score (nSPS) is 12.7.